The molecule has 1 aliphatic rings. The Bertz CT molecular complexity index is 2060. The summed E-state index contributed by atoms with van der Waals surface area (Å²) in [7, 11) is 1.50. The number of hydrogen-bond acceptors (Lipinski definition) is 9. The standard InChI is InChI=1S/C35H39FN6O5/c1-19(2)27-29(20(3)11-13-37-27)42-32-23(17-24(36)28(38-32)26-25(45-8)10-9-22-12-16-46-30(22)26)31(39-33(42)43)41-15-14-40(18-21(41)4)34(44)47-35(5,6)7/h9-13,16-17,19,21H,14-15,18H2,1-8H3/t21-/m0/s1. The molecular weight excluding hydrogens is 603 g/mol. The van der Waals surface area contributed by atoms with Gasteiger partial charge in [-0.15, -0.1) is 0 Å². The van der Waals surface area contributed by atoms with E-state index in [1.165, 1.54) is 24.0 Å². The summed E-state index contributed by atoms with van der Waals surface area (Å²) < 4.78 is 34.9. The van der Waals surface area contributed by atoms with Gasteiger partial charge in [0.05, 0.1) is 35.7 Å². The van der Waals surface area contributed by atoms with Crippen LogP contribution in [-0.2, 0) is 4.74 Å². The van der Waals surface area contributed by atoms with Gasteiger partial charge in [-0.05, 0) is 76.4 Å². The predicted molar refractivity (Wildman–Crippen MR) is 178 cm³/mol. The number of nitrogens with zero attached hydrogens (tertiary/aromatic N) is 6. The Morgan fingerprint density at radius 2 is 1.89 bits per heavy atom. The monoisotopic (exact) mass is 642 g/mol. The van der Waals surface area contributed by atoms with Gasteiger partial charge in [-0.2, -0.15) is 4.98 Å². The molecule has 5 aromatic rings. The van der Waals surface area contributed by atoms with Gasteiger partial charge in [0.15, 0.2) is 11.5 Å². The number of amides is 1. The molecule has 0 aliphatic carbocycles. The van der Waals surface area contributed by atoms with Gasteiger partial charge in [0.25, 0.3) is 0 Å². The normalized spacial score (nSPS) is 15.6. The highest BCUT2D eigenvalue weighted by Gasteiger charge is 2.33. The Morgan fingerprint density at radius 3 is 2.57 bits per heavy atom. The summed E-state index contributed by atoms with van der Waals surface area (Å²) in [6.07, 6.45) is 2.82. The molecule has 5 heterocycles. The number of benzene rings is 1. The van der Waals surface area contributed by atoms with Crippen LogP contribution >= 0.6 is 0 Å². The maximum absolute atomic E-state index is 16.5. The van der Waals surface area contributed by atoms with E-state index in [0.717, 1.165) is 10.9 Å². The van der Waals surface area contributed by atoms with Crippen molar-refractivity contribution in [3.8, 4) is 22.7 Å². The lowest BCUT2D eigenvalue weighted by atomic mass is 10.0. The maximum atomic E-state index is 16.5. The Morgan fingerprint density at radius 1 is 1.13 bits per heavy atom. The van der Waals surface area contributed by atoms with Gasteiger partial charge in [0.2, 0.25) is 0 Å². The van der Waals surface area contributed by atoms with Crippen LogP contribution in [0.25, 0.3) is 38.9 Å². The second kappa shape index (κ2) is 12.0. The fourth-order valence-electron chi connectivity index (χ4n) is 6.16. The minimum absolute atomic E-state index is 0.0318. The van der Waals surface area contributed by atoms with Gasteiger partial charge >= 0.3 is 11.8 Å². The first-order valence-electron chi connectivity index (χ1n) is 15.7. The van der Waals surface area contributed by atoms with Gasteiger partial charge in [-0.25, -0.2) is 23.5 Å². The van der Waals surface area contributed by atoms with Crippen molar-refractivity contribution in [2.45, 2.75) is 66.0 Å². The highest BCUT2D eigenvalue weighted by atomic mass is 19.1. The molecule has 1 atom stereocenters. The van der Waals surface area contributed by atoms with E-state index in [9.17, 15) is 9.59 Å². The molecule has 1 saturated heterocycles. The third kappa shape index (κ3) is 5.77. The molecule has 11 nitrogen and oxygen atoms in total. The third-order valence-corrected chi connectivity index (χ3v) is 8.32. The molecule has 4 aromatic heterocycles. The zero-order chi connectivity index (χ0) is 33.8. The molecule has 6 rings (SSSR count). The van der Waals surface area contributed by atoms with Gasteiger partial charge in [-0.3, -0.25) is 4.98 Å². The Kier molecular flexibility index (Phi) is 8.15. The van der Waals surface area contributed by atoms with Crippen molar-refractivity contribution < 1.29 is 23.1 Å². The van der Waals surface area contributed by atoms with Crippen LogP contribution in [0.5, 0.6) is 5.75 Å². The molecule has 1 aromatic carbocycles. The number of aromatic nitrogens is 4. The van der Waals surface area contributed by atoms with Crippen LogP contribution in [0.4, 0.5) is 15.0 Å². The molecule has 0 bridgehead atoms. The molecule has 0 radical (unpaired) electrons. The van der Waals surface area contributed by atoms with Crippen LogP contribution in [-0.4, -0.2) is 68.9 Å². The van der Waals surface area contributed by atoms with Gasteiger partial charge in [0, 0.05) is 37.3 Å². The Labute approximate surface area is 271 Å². The summed E-state index contributed by atoms with van der Waals surface area (Å²) in [6, 6.07) is 8.25. The molecule has 0 saturated carbocycles. The van der Waals surface area contributed by atoms with Crippen molar-refractivity contribution in [1.82, 2.24) is 24.4 Å². The van der Waals surface area contributed by atoms with Crippen LogP contribution < -0.4 is 15.3 Å². The average molecular weight is 643 g/mol. The zero-order valence-electron chi connectivity index (χ0n) is 27.9. The van der Waals surface area contributed by atoms with E-state index in [2.05, 4.69) is 9.97 Å². The first-order chi connectivity index (χ1) is 22.3. The minimum atomic E-state index is -0.639. The van der Waals surface area contributed by atoms with E-state index in [0.29, 0.717) is 53.3 Å². The van der Waals surface area contributed by atoms with Gasteiger partial charge < -0.3 is 23.7 Å². The molecule has 1 aliphatic heterocycles. The van der Waals surface area contributed by atoms with E-state index in [-0.39, 0.29) is 29.1 Å². The fourth-order valence-corrected chi connectivity index (χ4v) is 6.16. The smallest absolute Gasteiger partial charge is 0.410 e. The number of piperazine rings is 1. The van der Waals surface area contributed by atoms with E-state index in [1.807, 2.05) is 65.5 Å². The summed E-state index contributed by atoms with van der Waals surface area (Å²) in [5.74, 6) is -0.0237. The molecule has 1 amide bonds. The van der Waals surface area contributed by atoms with Crippen LogP contribution in [0.1, 0.15) is 58.7 Å². The zero-order valence-corrected chi connectivity index (χ0v) is 27.9. The molecule has 12 heteroatoms. The Balaban J connectivity index is 1.60. The molecule has 0 unspecified atom stereocenters. The minimum Gasteiger partial charge on any atom is -0.496 e. The van der Waals surface area contributed by atoms with Crippen molar-refractivity contribution in [3.05, 3.63) is 70.4 Å². The first-order valence-corrected chi connectivity index (χ1v) is 15.7. The summed E-state index contributed by atoms with van der Waals surface area (Å²) in [5.41, 5.74) is 1.72. The number of hydrogen-bond donors (Lipinski definition) is 0. The molecule has 47 heavy (non-hydrogen) atoms. The molecule has 246 valence electrons. The number of furan rings is 1. The van der Waals surface area contributed by atoms with Crippen molar-refractivity contribution in [2.75, 3.05) is 31.6 Å². The number of halogens is 1. The van der Waals surface area contributed by atoms with Crippen molar-refractivity contribution in [1.29, 1.82) is 0 Å². The molecule has 0 N–H and O–H groups in total. The van der Waals surface area contributed by atoms with E-state index >= 15 is 4.39 Å². The highest BCUT2D eigenvalue weighted by Crippen LogP contribution is 2.40. The summed E-state index contributed by atoms with van der Waals surface area (Å²) >= 11 is 0. The lowest BCUT2D eigenvalue weighted by Crippen LogP contribution is -2.55. The number of anilines is 1. The van der Waals surface area contributed by atoms with Gasteiger partial charge in [-0.1, -0.05) is 13.8 Å². The van der Waals surface area contributed by atoms with Gasteiger partial charge in [0.1, 0.15) is 28.4 Å². The Hall–Kier alpha value is -5.00. The number of carbonyl (C=O) groups is 1. The quantitative estimate of drug-likeness (QED) is 0.209. The number of rotatable bonds is 5. The summed E-state index contributed by atoms with van der Waals surface area (Å²) in [6.45, 7) is 14.3. The van der Waals surface area contributed by atoms with E-state index < -0.39 is 23.2 Å². The lowest BCUT2D eigenvalue weighted by molar-refractivity contribution is 0.0218. The summed E-state index contributed by atoms with van der Waals surface area (Å²) in [5, 5.41) is 1.09. The van der Waals surface area contributed by atoms with E-state index in [4.69, 9.17) is 18.9 Å². The fraction of sp³-hybridized carbons (Fsp3) is 0.400. The molecule has 0 spiro atoms. The van der Waals surface area contributed by atoms with Crippen LogP contribution in [0.2, 0.25) is 0 Å². The topological polar surface area (TPSA) is 116 Å². The third-order valence-electron chi connectivity index (χ3n) is 8.32. The second-order valence-electron chi connectivity index (χ2n) is 13.2. The largest absolute Gasteiger partial charge is 0.496 e. The van der Waals surface area contributed by atoms with Crippen LogP contribution in [0, 0.1) is 12.7 Å². The average Bonchev–Trinajstić information content (AvgIpc) is 3.49. The summed E-state index contributed by atoms with van der Waals surface area (Å²) in [4.78, 5) is 44.7. The first kappa shape index (κ1) is 32.0. The SMILES string of the molecule is COc1ccc2ccoc2c1-c1nc2c(cc1F)c(N1CCN(C(=O)OC(C)(C)C)C[C@@H]1C)nc(=O)n2-c1c(C)ccnc1C(C)C. The van der Waals surface area contributed by atoms with Crippen LogP contribution in [0.3, 0.4) is 0 Å². The molecule has 1 fully saturated rings. The maximum Gasteiger partial charge on any atom is 0.410 e. The number of pyridine rings is 2. The number of ether oxygens (including phenoxy) is 2. The van der Waals surface area contributed by atoms with Crippen LogP contribution in [0.15, 0.2) is 52.0 Å². The second-order valence-corrected chi connectivity index (χ2v) is 13.2. The van der Waals surface area contributed by atoms with Crippen molar-refractivity contribution in [3.63, 3.8) is 0 Å². The number of carbonyl (C=O) groups excluding carboxylic acids is 1. The van der Waals surface area contributed by atoms with Crippen molar-refractivity contribution in [2.24, 2.45) is 0 Å². The predicted octanol–water partition coefficient (Wildman–Crippen LogP) is 6.61. The lowest BCUT2D eigenvalue weighted by Gasteiger charge is -2.41. The van der Waals surface area contributed by atoms with Crippen molar-refractivity contribution >= 4 is 33.9 Å². The highest BCUT2D eigenvalue weighted by molar-refractivity contribution is 5.98. The number of fused-ring (bicyclic) bond motifs is 2. The van der Waals surface area contributed by atoms with E-state index in [1.54, 1.807) is 23.2 Å². The number of methoxy groups -OCH3 is 1. The molecular formula is C35H39FN6O5. The number of aryl methyl sites for hydroxylation is 1.